The van der Waals surface area contributed by atoms with Gasteiger partial charge in [0.25, 0.3) is 0 Å². The first-order valence-electron chi connectivity index (χ1n) is 7.07. The van der Waals surface area contributed by atoms with Gasteiger partial charge < -0.3 is 10.1 Å². The molecule has 1 aliphatic heterocycles. The van der Waals surface area contributed by atoms with E-state index in [1.165, 1.54) is 25.8 Å². The maximum atomic E-state index is 6.19. The molecule has 1 heterocycles. The van der Waals surface area contributed by atoms with Crippen LogP contribution in [0.4, 0.5) is 0 Å². The number of nitrogens with one attached hydrogen (secondary N) is 1. The summed E-state index contributed by atoms with van der Waals surface area (Å²) in [4.78, 5) is 0. The minimum atomic E-state index is 0.159. The molecular formula is C17H17ClINO. The summed E-state index contributed by atoms with van der Waals surface area (Å²) in [6.45, 7) is 4.48. The second kappa shape index (κ2) is 6.65. The lowest BCUT2D eigenvalue weighted by Gasteiger charge is -2.21. The van der Waals surface area contributed by atoms with Crippen molar-refractivity contribution in [2.45, 2.75) is 26.2 Å². The summed E-state index contributed by atoms with van der Waals surface area (Å²) < 4.78 is 6.74. The first kappa shape index (κ1) is 15.3. The number of hydrogen-bond donors (Lipinski definition) is 1. The van der Waals surface area contributed by atoms with Crippen molar-refractivity contribution >= 4 is 34.2 Å². The van der Waals surface area contributed by atoms with Crippen molar-refractivity contribution in [2.24, 2.45) is 0 Å². The predicted molar refractivity (Wildman–Crippen MR) is 94.6 cm³/mol. The van der Waals surface area contributed by atoms with Gasteiger partial charge in [-0.15, -0.1) is 0 Å². The molecule has 0 spiro atoms. The van der Waals surface area contributed by atoms with Crippen LogP contribution in [0.5, 0.6) is 0 Å². The van der Waals surface area contributed by atoms with Crippen molar-refractivity contribution in [2.75, 3.05) is 6.54 Å². The average molecular weight is 414 g/mol. The Balaban J connectivity index is 2.03. The molecule has 110 valence electrons. The summed E-state index contributed by atoms with van der Waals surface area (Å²) in [7, 11) is 0. The molecule has 1 unspecified atom stereocenters. The lowest BCUT2D eigenvalue weighted by atomic mass is 9.95. The van der Waals surface area contributed by atoms with Crippen LogP contribution in [0.1, 0.15) is 35.2 Å². The lowest BCUT2D eigenvalue weighted by molar-refractivity contribution is 0.134. The number of halogens is 2. The van der Waals surface area contributed by atoms with Gasteiger partial charge in [-0.2, -0.15) is 0 Å². The normalized spacial score (nSPS) is 15.0. The van der Waals surface area contributed by atoms with Gasteiger partial charge in [0.05, 0.1) is 19.3 Å². The number of fused-ring (bicyclic) bond motifs is 1. The number of benzene rings is 2. The van der Waals surface area contributed by atoms with E-state index in [9.17, 15) is 0 Å². The Hall–Kier alpha value is -0.620. The van der Waals surface area contributed by atoms with E-state index in [1.807, 2.05) is 6.07 Å². The summed E-state index contributed by atoms with van der Waals surface area (Å²) >= 11 is 8.56. The molecule has 0 aromatic heterocycles. The molecule has 21 heavy (non-hydrogen) atoms. The molecule has 0 saturated heterocycles. The van der Waals surface area contributed by atoms with Crippen LogP contribution in [-0.4, -0.2) is 6.54 Å². The van der Waals surface area contributed by atoms with E-state index < -0.39 is 0 Å². The van der Waals surface area contributed by atoms with Crippen LogP contribution in [0.3, 0.4) is 0 Å². The first-order valence-corrected chi connectivity index (χ1v) is 8.52. The molecule has 0 fully saturated rings. The smallest absolute Gasteiger partial charge is 0.0725 e. The van der Waals surface area contributed by atoms with Crippen LogP contribution < -0.4 is 5.32 Å². The minimum absolute atomic E-state index is 0.159. The second-order valence-electron chi connectivity index (χ2n) is 5.18. The zero-order chi connectivity index (χ0) is 14.8. The topological polar surface area (TPSA) is 21.3 Å². The van der Waals surface area contributed by atoms with E-state index in [0.717, 1.165) is 18.2 Å². The van der Waals surface area contributed by atoms with Crippen molar-refractivity contribution < 1.29 is 4.74 Å². The van der Waals surface area contributed by atoms with Crippen LogP contribution in [0.2, 0.25) is 5.02 Å². The van der Waals surface area contributed by atoms with Crippen LogP contribution in [0, 0.1) is 3.57 Å². The second-order valence-corrected chi connectivity index (χ2v) is 6.78. The summed E-state index contributed by atoms with van der Waals surface area (Å²) in [5, 5.41) is 4.35. The predicted octanol–water partition coefficient (Wildman–Crippen LogP) is 4.67. The highest BCUT2D eigenvalue weighted by Crippen LogP contribution is 2.31. The zero-order valence-electron chi connectivity index (χ0n) is 11.8. The van der Waals surface area contributed by atoms with E-state index in [-0.39, 0.29) is 6.04 Å². The zero-order valence-corrected chi connectivity index (χ0v) is 14.7. The molecule has 0 bridgehead atoms. The van der Waals surface area contributed by atoms with Crippen molar-refractivity contribution in [1.29, 1.82) is 0 Å². The summed E-state index contributed by atoms with van der Waals surface area (Å²) in [5.74, 6) is 0. The molecule has 4 heteroatoms. The van der Waals surface area contributed by atoms with Crippen LogP contribution in [-0.2, 0) is 18.0 Å². The fourth-order valence-corrected chi connectivity index (χ4v) is 3.55. The summed E-state index contributed by atoms with van der Waals surface area (Å²) in [6.07, 6.45) is 0. The number of ether oxygens (including phenoxy) is 1. The molecule has 1 atom stereocenters. The fourth-order valence-electron chi connectivity index (χ4n) is 2.72. The van der Waals surface area contributed by atoms with Gasteiger partial charge in [-0.3, -0.25) is 0 Å². The number of hydrogen-bond acceptors (Lipinski definition) is 2. The van der Waals surface area contributed by atoms with Gasteiger partial charge in [-0.05, 0) is 69.6 Å². The Morgan fingerprint density at radius 3 is 2.81 bits per heavy atom. The van der Waals surface area contributed by atoms with E-state index in [4.69, 9.17) is 16.3 Å². The molecule has 0 radical (unpaired) electrons. The maximum Gasteiger partial charge on any atom is 0.0725 e. The molecule has 2 nitrogen and oxygen atoms in total. The Morgan fingerprint density at radius 2 is 2.00 bits per heavy atom. The molecule has 1 aliphatic rings. The highest BCUT2D eigenvalue weighted by Gasteiger charge is 2.19. The Bertz CT molecular complexity index is 659. The van der Waals surface area contributed by atoms with Gasteiger partial charge in [0.1, 0.15) is 0 Å². The van der Waals surface area contributed by atoms with E-state index in [1.54, 1.807) is 0 Å². The van der Waals surface area contributed by atoms with Gasteiger partial charge in [0.2, 0.25) is 0 Å². The highest BCUT2D eigenvalue weighted by atomic mass is 127. The largest absolute Gasteiger partial charge is 0.372 e. The van der Waals surface area contributed by atoms with Crippen molar-refractivity contribution in [3.8, 4) is 0 Å². The highest BCUT2D eigenvalue weighted by molar-refractivity contribution is 14.1. The minimum Gasteiger partial charge on any atom is -0.372 e. The third-order valence-corrected chi connectivity index (χ3v) is 4.97. The summed E-state index contributed by atoms with van der Waals surface area (Å²) in [6, 6.07) is 12.8. The molecular weight excluding hydrogens is 397 g/mol. The maximum absolute atomic E-state index is 6.19. The van der Waals surface area contributed by atoms with Gasteiger partial charge >= 0.3 is 0 Å². The third-order valence-electron chi connectivity index (χ3n) is 3.76. The van der Waals surface area contributed by atoms with E-state index in [0.29, 0.717) is 6.61 Å². The average Bonchev–Trinajstić information content (AvgIpc) is 2.95. The Kier molecular flexibility index (Phi) is 4.84. The van der Waals surface area contributed by atoms with Gasteiger partial charge in [-0.1, -0.05) is 36.7 Å². The molecule has 2 aromatic rings. The molecule has 2 aromatic carbocycles. The lowest BCUT2D eigenvalue weighted by Crippen LogP contribution is -2.23. The van der Waals surface area contributed by atoms with Crippen LogP contribution in [0.15, 0.2) is 36.4 Å². The monoisotopic (exact) mass is 413 g/mol. The van der Waals surface area contributed by atoms with Gasteiger partial charge in [0.15, 0.2) is 0 Å². The quantitative estimate of drug-likeness (QED) is 0.735. The van der Waals surface area contributed by atoms with Crippen LogP contribution >= 0.6 is 34.2 Å². The number of rotatable bonds is 4. The SMILES string of the molecule is CCNC(c1ccc2c(c1)COC2)c1cc(Cl)ccc1I. The van der Waals surface area contributed by atoms with Gasteiger partial charge in [0, 0.05) is 8.59 Å². The summed E-state index contributed by atoms with van der Waals surface area (Å²) in [5.41, 5.74) is 5.09. The van der Waals surface area contributed by atoms with Crippen molar-refractivity contribution in [3.63, 3.8) is 0 Å². The molecule has 1 N–H and O–H groups in total. The first-order chi connectivity index (χ1) is 10.2. The molecule has 0 amide bonds. The molecule has 0 aliphatic carbocycles. The Labute approximate surface area is 144 Å². The van der Waals surface area contributed by atoms with E-state index >= 15 is 0 Å². The van der Waals surface area contributed by atoms with Gasteiger partial charge in [-0.25, -0.2) is 0 Å². The van der Waals surface area contributed by atoms with E-state index in [2.05, 4.69) is 65.2 Å². The molecule has 3 rings (SSSR count). The Morgan fingerprint density at radius 1 is 1.19 bits per heavy atom. The third kappa shape index (κ3) is 3.26. The van der Waals surface area contributed by atoms with Crippen LogP contribution in [0.25, 0.3) is 0 Å². The molecule has 0 saturated carbocycles. The fraction of sp³-hybridized carbons (Fsp3) is 0.294. The standard InChI is InChI=1S/C17H17ClINO/c1-2-20-17(15-8-14(18)5-6-16(15)19)11-3-4-12-9-21-10-13(12)7-11/h3-8,17,20H,2,9-10H2,1H3. The van der Waals surface area contributed by atoms with Crippen molar-refractivity contribution in [3.05, 3.63) is 67.2 Å². The van der Waals surface area contributed by atoms with Crippen molar-refractivity contribution in [1.82, 2.24) is 5.32 Å².